The predicted molar refractivity (Wildman–Crippen MR) is 55.2 cm³/mol. The summed E-state index contributed by atoms with van der Waals surface area (Å²) in [7, 11) is 0. The molecule has 0 aliphatic carbocycles. The number of hydrogen-bond acceptors (Lipinski definition) is 2. The van der Waals surface area contributed by atoms with E-state index in [9.17, 15) is 9.18 Å². The lowest BCUT2D eigenvalue weighted by molar-refractivity contribution is 0.0696. The molecule has 1 heterocycles. The first kappa shape index (κ1) is 10.4. The van der Waals surface area contributed by atoms with Crippen LogP contribution in [0.4, 0.5) is 4.39 Å². The summed E-state index contributed by atoms with van der Waals surface area (Å²) < 4.78 is 15.1. The topological polar surface area (TPSA) is 55.1 Å². The largest absolute Gasteiger partial charge is 0.478 e. The van der Waals surface area contributed by atoms with Gasteiger partial charge in [0.25, 0.3) is 0 Å². The van der Waals surface area contributed by atoms with Crippen LogP contribution in [0.15, 0.2) is 30.7 Å². The van der Waals surface area contributed by atoms with Crippen LogP contribution in [-0.2, 0) is 0 Å². The third-order valence-electron chi connectivity index (χ3n) is 2.18. The number of aryl methyl sites for hydroxylation is 1. The fourth-order valence-electron chi connectivity index (χ4n) is 1.40. The van der Waals surface area contributed by atoms with Gasteiger partial charge in [-0.2, -0.15) is 0 Å². The van der Waals surface area contributed by atoms with Gasteiger partial charge in [0.1, 0.15) is 5.82 Å². The van der Waals surface area contributed by atoms with E-state index in [1.54, 1.807) is 13.1 Å². The molecule has 82 valence electrons. The molecular weight excluding hydrogens is 211 g/mol. The fraction of sp³-hybridized carbons (Fsp3) is 0.0909. The molecule has 0 saturated heterocycles. The Hall–Kier alpha value is -2.17. The molecule has 0 atom stereocenters. The van der Waals surface area contributed by atoms with Crippen LogP contribution in [0.2, 0.25) is 0 Å². The van der Waals surface area contributed by atoms with Crippen molar-refractivity contribution < 1.29 is 14.3 Å². The Labute approximate surface area is 91.0 Å². The van der Waals surface area contributed by atoms with Gasteiger partial charge in [0.15, 0.2) is 0 Å². The van der Waals surface area contributed by atoms with Crippen molar-refractivity contribution in [2.75, 3.05) is 0 Å². The zero-order chi connectivity index (χ0) is 11.7. The van der Waals surface area contributed by atoms with E-state index >= 15 is 0 Å². The lowest BCUT2D eigenvalue weighted by Gasteiger charge is -2.04. The lowest BCUT2D eigenvalue weighted by atomic mass is 10.2. The summed E-state index contributed by atoms with van der Waals surface area (Å²) in [5.74, 6) is -1.73. The van der Waals surface area contributed by atoms with E-state index in [4.69, 9.17) is 5.11 Å². The zero-order valence-electron chi connectivity index (χ0n) is 8.51. The first-order valence-corrected chi connectivity index (χ1v) is 4.62. The second-order valence-corrected chi connectivity index (χ2v) is 3.39. The molecule has 2 aromatic rings. The molecule has 0 aliphatic rings. The normalized spacial score (nSPS) is 10.4. The lowest BCUT2D eigenvalue weighted by Crippen LogP contribution is -2.00. The maximum atomic E-state index is 13.6. The standard InChI is InChI=1S/C11H9FN2O2/c1-7-5-14(6-13-7)10-3-2-8(11(15)16)4-9(10)12/h2-6H,1H3,(H,15,16). The van der Waals surface area contributed by atoms with E-state index in [0.717, 1.165) is 11.8 Å². The van der Waals surface area contributed by atoms with Crippen molar-refractivity contribution in [3.8, 4) is 5.69 Å². The minimum atomic E-state index is -1.15. The highest BCUT2D eigenvalue weighted by Crippen LogP contribution is 2.15. The minimum Gasteiger partial charge on any atom is -0.478 e. The molecule has 0 aliphatic heterocycles. The smallest absolute Gasteiger partial charge is 0.335 e. The SMILES string of the molecule is Cc1cn(-c2ccc(C(=O)O)cc2F)cn1. The molecule has 0 bridgehead atoms. The van der Waals surface area contributed by atoms with Gasteiger partial charge in [-0.05, 0) is 25.1 Å². The Kier molecular flexibility index (Phi) is 2.44. The molecule has 0 radical (unpaired) electrons. The van der Waals surface area contributed by atoms with E-state index in [1.165, 1.54) is 23.0 Å². The summed E-state index contributed by atoms with van der Waals surface area (Å²) in [5, 5.41) is 8.69. The highest BCUT2D eigenvalue weighted by atomic mass is 19.1. The first-order valence-electron chi connectivity index (χ1n) is 4.62. The number of carbonyl (C=O) groups is 1. The maximum absolute atomic E-state index is 13.6. The third-order valence-corrected chi connectivity index (χ3v) is 2.18. The van der Waals surface area contributed by atoms with Crippen LogP contribution in [-0.4, -0.2) is 20.6 Å². The summed E-state index contributed by atoms with van der Waals surface area (Å²) >= 11 is 0. The van der Waals surface area contributed by atoms with Crippen molar-refractivity contribution in [2.45, 2.75) is 6.92 Å². The van der Waals surface area contributed by atoms with Crippen LogP contribution in [0.3, 0.4) is 0 Å². The van der Waals surface area contributed by atoms with Gasteiger partial charge in [0.2, 0.25) is 0 Å². The molecule has 2 rings (SSSR count). The molecule has 0 saturated carbocycles. The second kappa shape index (κ2) is 3.77. The maximum Gasteiger partial charge on any atom is 0.335 e. The van der Waals surface area contributed by atoms with Gasteiger partial charge in [0, 0.05) is 6.20 Å². The van der Waals surface area contributed by atoms with Crippen LogP contribution < -0.4 is 0 Å². The highest BCUT2D eigenvalue weighted by molar-refractivity contribution is 5.87. The number of halogens is 1. The van der Waals surface area contributed by atoms with E-state index in [1.807, 2.05) is 0 Å². The average molecular weight is 220 g/mol. The number of aromatic nitrogens is 2. The summed E-state index contributed by atoms with van der Waals surface area (Å²) in [6.45, 7) is 1.79. The first-order chi connectivity index (χ1) is 7.58. The second-order valence-electron chi connectivity index (χ2n) is 3.39. The van der Waals surface area contributed by atoms with Crippen LogP contribution in [0, 0.1) is 12.7 Å². The van der Waals surface area contributed by atoms with Crippen molar-refractivity contribution in [3.63, 3.8) is 0 Å². The number of benzene rings is 1. The monoisotopic (exact) mass is 220 g/mol. The molecule has 16 heavy (non-hydrogen) atoms. The Morgan fingerprint density at radius 1 is 1.50 bits per heavy atom. The van der Waals surface area contributed by atoms with E-state index in [2.05, 4.69) is 4.98 Å². The highest BCUT2D eigenvalue weighted by Gasteiger charge is 2.09. The van der Waals surface area contributed by atoms with Crippen LogP contribution >= 0.6 is 0 Å². The fourth-order valence-corrected chi connectivity index (χ4v) is 1.40. The predicted octanol–water partition coefficient (Wildman–Crippen LogP) is 2.02. The number of hydrogen-bond donors (Lipinski definition) is 1. The van der Waals surface area contributed by atoms with Crippen molar-refractivity contribution in [1.29, 1.82) is 0 Å². The Morgan fingerprint density at radius 2 is 2.25 bits per heavy atom. The van der Waals surface area contributed by atoms with Gasteiger partial charge in [-0.25, -0.2) is 14.2 Å². The van der Waals surface area contributed by atoms with E-state index < -0.39 is 11.8 Å². The zero-order valence-corrected chi connectivity index (χ0v) is 8.51. The summed E-state index contributed by atoms with van der Waals surface area (Å²) in [4.78, 5) is 14.6. The summed E-state index contributed by atoms with van der Waals surface area (Å²) in [6, 6.07) is 3.77. The molecule has 0 fully saturated rings. The average Bonchev–Trinajstić information content (AvgIpc) is 2.64. The summed E-state index contributed by atoms with van der Waals surface area (Å²) in [5.41, 5.74) is 0.977. The molecule has 0 amide bonds. The molecular formula is C11H9FN2O2. The van der Waals surface area contributed by atoms with Gasteiger partial charge in [-0.1, -0.05) is 0 Å². The number of nitrogens with zero attached hydrogens (tertiary/aromatic N) is 2. The molecule has 1 N–H and O–H groups in total. The van der Waals surface area contributed by atoms with Crippen molar-refractivity contribution in [2.24, 2.45) is 0 Å². The van der Waals surface area contributed by atoms with Crippen molar-refractivity contribution >= 4 is 5.97 Å². The molecule has 1 aromatic heterocycles. The van der Waals surface area contributed by atoms with Crippen molar-refractivity contribution in [1.82, 2.24) is 9.55 Å². The Bertz CT molecular complexity index is 549. The van der Waals surface area contributed by atoms with Gasteiger partial charge in [-0.3, -0.25) is 0 Å². The molecule has 1 aromatic carbocycles. The Morgan fingerprint density at radius 3 is 2.75 bits per heavy atom. The number of carboxylic acid groups (broad SMARTS) is 1. The van der Waals surface area contributed by atoms with Crippen LogP contribution in [0.25, 0.3) is 5.69 Å². The third kappa shape index (κ3) is 1.79. The van der Waals surface area contributed by atoms with Gasteiger partial charge < -0.3 is 9.67 Å². The van der Waals surface area contributed by atoms with Gasteiger partial charge in [0.05, 0.1) is 23.3 Å². The van der Waals surface area contributed by atoms with Crippen molar-refractivity contribution in [3.05, 3.63) is 47.8 Å². The summed E-state index contributed by atoms with van der Waals surface area (Å²) in [6.07, 6.45) is 3.15. The number of aromatic carboxylic acids is 1. The van der Waals surface area contributed by atoms with E-state index in [-0.39, 0.29) is 11.3 Å². The van der Waals surface area contributed by atoms with Crippen LogP contribution in [0.5, 0.6) is 0 Å². The number of carboxylic acids is 1. The molecule has 5 heteroatoms. The molecule has 4 nitrogen and oxygen atoms in total. The Balaban J connectivity index is 2.47. The van der Waals surface area contributed by atoms with Crippen LogP contribution in [0.1, 0.15) is 16.1 Å². The number of rotatable bonds is 2. The van der Waals surface area contributed by atoms with Gasteiger partial charge >= 0.3 is 5.97 Å². The minimum absolute atomic E-state index is 0.0712. The molecule has 0 spiro atoms. The molecule has 0 unspecified atom stereocenters. The number of imidazole rings is 1. The quantitative estimate of drug-likeness (QED) is 0.842. The van der Waals surface area contributed by atoms with E-state index in [0.29, 0.717) is 0 Å². The van der Waals surface area contributed by atoms with Gasteiger partial charge in [-0.15, -0.1) is 0 Å².